The molecule has 0 spiro atoms. The zero-order valence-electron chi connectivity index (χ0n) is 18.8. The molecule has 1 amide bonds. The maximum absolute atomic E-state index is 13.5. The van der Waals surface area contributed by atoms with Gasteiger partial charge < -0.3 is 14.6 Å². The second kappa shape index (κ2) is 9.13. The van der Waals surface area contributed by atoms with Crippen LogP contribution >= 0.6 is 31.9 Å². The van der Waals surface area contributed by atoms with Gasteiger partial charge in [-0.3, -0.25) is 4.79 Å². The van der Waals surface area contributed by atoms with E-state index in [0.717, 1.165) is 36.7 Å². The molecular formula is C25H24Br2N2O3Si. The molecule has 2 heterocycles. The molecule has 3 aromatic rings. The Hall–Kier alpha value is -2.34. The average Bonchev–Trinajstić information content (AvgIpc) is 3.13. The van der Waals surface area contributed by atoms with Crippen molar-refractivity contribution in [3.63, 3.8) is 0 Å². The summed E-state index contributed by atoms with van der Waals surface area (Å²) >= 11 is 7.04. The number of halogens is 2. The van der Waals surface area contributed by atoms with E-state index in [1.54, 1.807) is 4.90 Å². The molecule has 0 saturated heterocycles. The van der Waals surface area contributed by atoms with Gasteiger partial charge in [-0.25, -0.2) is 4.79 Å². The number of aromatic nitrogens is 1. The number of nitrogens with one attached hydrogen (secondary N) is 1. The van der Waals surface area contributed by atoms with Gasteiger partial charge in [-0.2, -0.15) is 0 Å². The van der Waals surface area contributed by atoms with E-state index in [9.17, 15) is 9.59 Å². The number of H-pyrrole nitrogens is 1. The van der Waals surface area contributed by atoms with E-state index in [2.05, 4.69) is 67.9 Å². The summed E-state index contributed by atoms with van der Waals surface area (Å²) in [5.41, 5.74) is 6.91. The average molecular weight is 588 g/mol. The third-order valence-corrected chi connectivity index (χ3v) is 7.52. The predicted molar refractivity (Wildman–Crippen MR) is 139 cm³/mol. The van der Waals surface area contributed by atoms with E-state index in [1.807, 2.05) is 42.5 Å². The molecule has 0 bridgehead atoms. The Morgan fingerprint density at radius 1 is 1.09 bits per heavy atom. The molecule has 1 aliphatic rings. The molecule has 0 aliphatic carbocycles. The summed E-state index contributed by atoms with van der Waals surface area (Å²) in [5, 5.41) is 1.02. The predicted octanol–water partition coefficient (Wildman–Crippen LogP) is 5.59. The van der Waals surface area contributed by atoms with Crippen molar-refractivity contribution in [2.75, 3.05) is 7.11 Å². The standard InChI is InChI=1S/C25H24Br2N2O3Si/c1-32-25(31)21-14-19-18-13-17(27)9-10-20(18)28-23(19)24(15-5-7-16(26)8-6-15)29(21)22(30)11-12-33(2,3)4/h5-10,13,21,24,28H,14H2,1-4H3/t21-,24-/m1/s1. The van der Waals surface area contributed by atoms with Crippen molar-refractivity contribution in [1.82, 2.24) is 9.88 Å². The minimum atomic E-state index is -1.80. The van der Waals surface area contributed by atoms with Gasteiger partial charge in [0, 0.05) is 32.0 Å². The molecule has 8 heteroatoms. The maximum atomic E-state index is 13.5. The summed E-state index contributed by atoms with van der Waals surface area (Å²) in [4.78, 5) is 31.6. The van der Waals surface area contributed by atoms with Crippen molar-refractivity contribution in [3.8, 4) is 11.5 Å². The zero-order valence-corrected chi connectivity index (χ0v) is 23.0. The van der Waals surface area contributed by atoms with E-state index in [4.69, 9.17) is 4.74 Å². The highest BCUT2D eigenvalue weighted by atomic mass is 79.9. The third-order valence-electron chi connectivity index (χ3n) is 5.62. The van der Waals surface area contributed by atoms with Crippen molar-refractivity contribution < 1.29 is 14.3 Å². The van der Waals surface area contributed by atoms with Gasteiger partial charge in [-0.1, -0.05) is 63.6 Å². The number of ether oxygens (including phenoxy) is 1. The number of aromatic amines is 1. The maximum Gasteiger partial charge on any atom is 0.328 e. The SMILES string of the molecule is COC(=O)[C@H]1Cc2c([nH]c3ccc(Br)cc23)[C@@H](c2ccc(Br)cc2)N1C(=O)C#C[Si](C)(C)C. The van der Waals surface area contributed by atoms with Crippen LogP contribution in [0.15, 0.2) is 51.4 Å². The van der Waals surface area contributed by atoms with Gasteiger partial charge in [0.2, 0.25) is 0 Å². The molecule has 4 rings (SSSR count). The number of nitrogens with zero attached hydrogens (tertiary/aromatic N) is 1. The fourth-order valence-corrected chi connectivity index (χ4v) is 5.28. The summed E-state index contributed by atoms with van der Waals surface area (Å²) in [6, 6.07) is 12.5. The van der Waals surface area contributed by atoms with Gasteiger partial charge in [0.25, 0.3) is 5.91 Å². The highest BCUT2D eigenvalue weighted by Gasteiger charge is 2.43. The summed E-state index contributed by atoms with van der Waals surface area (Å²) < 4.78 is 7.03. The highest BCUT2D eigenvalue weighted by Crippen LogP contribution is 2.42. The van der Waals surface area contributed by atoms with Gasteiger partial charge >= 0.3 is 5.97 Å². The fraction of sp³-hybridized carbons (Fsp3) is 0.280. The Kier molecular flexibility index (Phi) is 6.58. The normalized spacial score (nSPS) is 17.8. The number of carbonyl (C=O) groups is 2. The van der Waals surface area contributed by atoms with Crippen LogP contribution in [0.2, 0.25) is 19.6 Å². The minimum Gasteiger partial charge on any atom is -0.467 e. The first kappa shape index (κ1) is 23.8. The van der Waals surface area contributed by atoms with Gasteiger partial charge in [-0.05, 0) is 47.4 Å². The molecule has 0 fully saturated rings. The highest BCUT2D eigenvalue weighted by molar-refractivity contribution is 9.10. The van der Waals surface area contributed by atoms with E-state index in [1.165, 1.54) is 7.11 Å². The summed E-state index contributed by atoms with van der Waals surface area (Å²) in [6.45, 7) is 6.25. The Balaban J connectivity index is 1.97. The van der Waals surface area contributed by atoms with Crippen molar-refractivity contribution in [2.24, 2.45) is 0 Å². The van der Waals surface area contributed by atoms with Crippen molar-refractivity contribution in [3.05, 3.63) is 68.2 Å². The number of methoxy groups -OCH3 is 1. The largest absolute Gasteiger partial charge is 0.467 e. The number of carbonyl (C=O) groups excluding carboxylic acids is 2. The first-order valence-electron chi connectivity index (χ1n) is 10.6. The van der Waals surface area contributed by atoms with E-state index < -0.39 is 26.1 Å². The molecule has 2 atom stereocenters. The topological polar surface area (TPSA) is 62.4 Å². The van der Waals surface area contributed by atoms with Gasteiger partial charge in [0.05, 0.1) is 13.2 Å². The second-order valence-electron chi connectivity index (χ2n) is 9.12. The number of benzene rings is 2. The fourth-order valence-electron chi connectivity index (χ4n) is 4.17. The van der Waals surface area contributed by atoms with Crippen molar-refractivity contribution in [1.29, 1.82) is 0 Å². The van der Waals surface area contributed by atoms with Crippen molar-refractivity contribution >= 4 is 62.7 Å². The van der Waals surface area contributed by atoms with Crippen LogP contribution in [0.4, 0.5) is 0 Å². The number of rotatable bonds is 2. The molecule has 0 radical (unpaired) electrons. The molecule has 1 aliphatic heterocycles. The van der Waals surface area contributed by atoms with E-state index in [0.29, 0.717) is 6.42 Å². The molecule has 2 aromatic carbocycles. The van der Waals surface area contributed by atoms with Gasteiger partial charge in [0.1, 0.15) is 14.1 Å². The Labute approximate surface area is 211 Å². The summed E-state index contributed by atoms with van der Waals surface area (Å²) in [6.07, 6.45) is 0.353. The van der Waals surface area contributed by atoms with Crippen LogP contribution < -0.4 is 0 Å². The lowest BCUT2D eigenvalue weighted by Crippen LogP contribution is -2.51. The van der Waals surface area contributed by atoms with Gasteiger partial charge in [0.15, 0.2) is 0 Å². The number of esters is 1. The Bertz CT molecular complexity index is 1300. The third kappa shape index (κ3) is 4.81. The zero-order chi connectivity index (χ0) is 23.9. The monoisotopic (exact) mass is 586 g/mol. The van der Waals surface area contributed by atoms with Crippen LogP contribution in [-0.2, 0) is 20.7 Å². The lowest BCUT2D eigenvalue weighted by molar-refractivity contribution is -0.153. The first-order valence-corrected chi connectivity index (χ1v) is 15.7. The van der Waals surface area contributed by atoms with Crippen LogP contribution in [0.3, 0.4) is 0 Å². The molecule has 1 N–H and O–H groups in total. The quantitative estimate of drug-likeness (QED) is 0.241. The molecule has 33 heavy (non-hydrogen) atoms. The smallest absolute Gasteiger partial charge is 0.328 e. The first-order chi connectivity index (χ1) is 15.6. The van der Waals surface area contributed by atoms with E-state index in [-0.39, 0.29) is 5.91 Å². The van der Waals surface area contributed by atoms with Crippen LogP contribution in [-0.4, -0.2) is 43.0 Å². The molecule has 1 aromatic heterocycles. The minimum absolute atomic E-state index is 0.353. The Morgan fingerprint density at radius 3 is 2.39 bits per heavy atom. The van der Waals surface area contributed by atoms with Crippen LogP contribution in [0, 0.1) is 11.5 Å². The molecular weight excluding hydrogens is 564 g/mol. The molecule has 0 saturated carbocycles. The lowest BCUT2D eigenvalue weighted by atomic mass is 9.88. The van der Waals surface area contributed by atoms with Crippen LogP contribution in [0.25, 0.3) is 10.9 Å². The van der Waals surface area contributed by atoms with Gasteiger partial charge in [-0.15, -0.1) is 5.54 Å². The van der Waals surface area contributed by atoms with Crippen LogP contribution in [0.1, 0.15) is 22.9 Å². The summed E-state index contributed by atoms with van der Waals surface area (Å²) in [5.74, 6) is 2.03. The second-order valence-corrected chi connectivity index (χ2v) is 15.7. The van der Waals surface area contributed by atoms with Crippen molar-refractivity contribution in [2.45, 2.75) is 38.1 Å². The number of hydrogen-bond acceptors (Lipinski definition) is 3. The molecule has 170 valence electrons. The van der Waals surface area contributed by atoms with Crippen LogP contribution in [0.5, 0.6) is 0 Å². The van der Waals surface area contributed by atoms with E-state index >= 15 is 0 Å². The Morgan fingerprint density at radius 2 is 1.76 bits per heavy atom. The molecule has 5 nitrogen and oxygen atoms in total. The summed E-state index contributed by atoms with van der Waals surface area (Å²) in [7, 11) is -0.442. The molecule has 0 unspecified atom stereocenters. The number of hydrogen-bond donors (Lipinski definition) is 1. The number of fused-ring (bicyclic) bond motifs is 3. The number of amides is 1. The lowest BCUT2D eigenvalue weighted by Gasteiger charge is -2.40.